The molecule has 1 aromatic heterocycles. The molecule has 2 heterocycles. The average molecular weight is 428 g/mol. The minimum Gasteiger partial charge on any atom is -0.508 e. The summed E-state index contributed by atoms with van der Waals surface area (Å²) in [7, 11) is 1.66. The number of aromatic hydroxyl groups is 1. The number of anilines is 1. The van der Waals surface area contributed by atoms with Crippen molar-refractivity contribution in [3.05, 3.63) is 83.6 Å². The minimum absolute atomic E-state index is 0.0202. The summed E-state index contributed by atoms with van der Waals surface area (Å²) in [6.07, 6.45) is 2.04. The van der Waals surface area contributed by atoms with E-state index in [1.807, 2.05) is 48.7 Å². The molecule has 1 aliphatic rings. The van der Waals surface area contributed by atoms with Gasteiger partial charge in [0, 0.05) is 59.2 Å². The van der Waals surface area contributed by atoms with Gasteiger partial charge >= 0.3 is 0 Å². The lowest BCUT2D eigenvalue weighted by atomic mass is 9.75. The van der Waals surface area contributed by atoms with Gasteiger partial charge in [-0.15, -0.1) is 0 Å². The van der Waals surface area contributed by atoms with Gasteiger partial charge in [-0.3, -0.25) is 4.79 Å². The molecule has 1 amide bonds. The van der Waals surface area contributed by atoms with Crippen LogP contribution in [-0.2, 0) is 4.79 Å². The molecule has 162 valence electrons. The second-order valence-corrected chi connectivity index (χ2v) is 8.08. The molecule has 3 aromatic carbocycles. The first-order chi connectivity index (χ1) is 15.5. The molecule has 3 N–H and O–H groups in total. The fourth-order valence-corrected chi connectivity index (χ4v) is 4.62. The van der Waals surface area contributed by atoms with Gasteiger partial charge in [0.15, 0.2) is 0 Å². The van der Waals surface area contributed by atoms with E-state index in [4.69, 9.17) is 9.47 Å². The number of ether oxygens (including phenoxy) is 2. The van der Waals surface area contributed by atoms with Crippen LogP contribution in [0, 0.1) is 0 Å². The van der Waals surface area contributed by atoms with Crippen LogP contribution in [0.2, 0.25) is 0 Å². The summed E-state index contributed by atoms with van der Waals surface area (Å²) in [5, 5.41) is 13.9. The standard InChI is InChI=1S/C26H24N2O4/c1-15(29)28-17-5-3-16(4-6-17)26-21-9-7-18(30)11-25(21)32-14-23(26)22-13-27-24-12-19(31-2)8-10-20(22)24/h3-13,23,26-27,30H,14H2,1-2H3,(H,28,29)/t23-,26-/m0/s1. The number of fused-ring (bicyclic) bond motifs is 2. The minimum atomic E-state index is -0.100. The summed E-state index contributed by atoms with van der Waals surface area (Å²) in [6.45, 7) is 1.98. The Morgan fingerprint density at radius 3 is 2.66 bits per heavy atom. The lowest BCUT2D eigenvalue weighted by molar-refractivity contribution is -0.114. The Morgan fingerprint density at radius 2 is 1.91 bits per heavy atom. The number of H-pyrrole nitrogens is 1. The van der Waals surface area contributed by atoms with Gasteiger partial charge in [-0.25, -0.2) is 0 Å². The number of hydrogen-bond acceptors (Lipinski definition) is 4. The van der Waals surface area contributed by atoms with Gasteiger partial charge in [0.25, 0.3) is 0 Å². The summed E-state index contributed by atoms with van der Waals surface area (Å²) in [6, 6.07) is 19.3. The van der Waals surface area contributed by atoms with Crippen molar-refractivity contribution in [2.75, 3.05) is 19.0 Å². The molecule has 6 nitrogen and oxygen atoms in total. The first kappa shape index (κ1) is 20.0. The summed E-state index contributed by atoms with van der Waals surface area (Å²) in [4.78, 5) is 14.8. The largest absolute Gasteiger partial charge is 0.508 e. The number of rotatable bonds is 4. The van der Waals surface area contributed by atoms with E-state index < -0.39 is 0 Å². The predicted octanol–water partition coefficient (Wildman–Crippen LogP) is 5.15. The number of phenolic OH excluding ortho intramolecular Hbond substituents is 1. The Bertz CT molecular complexity index is 1290. The van der Waals surface area contributed by atoms with Crippen LogP contribution in [-0.4, -0.2) is 29.7 Å². The number of amides is 1. The molecule has 0 radical (unpaired) electrons. The molecule has 4 aromatic rings. The van der Waals surface area contributed by atoms with E-state index in [2.05, 4.69) is 16.4 Å². The fraction of sp³-hybridized carbons (Fsp3) is 0.192. The summed E-state index contributed by atoms with van der Waals surface area (Å²) < 4.78 is 11.5. The second kappa shape index (κ2) is 7.96. The predicted molar refractivity (Wildman–Crippen MR) is 124 cm³/mol. The Labute approximate surface area is 185 Å². The van der Waals surface area contributed by atoms with Crippen LogP contribution in [0.1, 0.15) is 35.4 Å². The highest BCUT2D eigenvalue weighted by molar-refractivity contribution is 5.88. The number of aromatic amines is 1. The number of phenols is 1. The molecule has 0 spiro atoms. The third kappa shape index (κ3) is 3.54. The van der Waals surface area contributed by atoms with E-state index in [1.165, 1.54) is 6.92 Å². The van der Waals surface area contributed by atoms with Crippen LogP contribution in [0.5, 0.6) is 17.2 Å². The van der Waals surface area contributed by atoms with Gasteiger partial charge in [0.2, 0.25) is 5.91 Å². The Hall–Kier alpha value is -3.93. The molecular formula is C26H24N2O4. The van der Waals surface area contributed by atoms with Crippen molar-refractivity contribution in [2.24, 2.45) is 0 Å². The van der Waals surface area contributed by atoms with Crippen LogP contribution in [0.3, 0.4) is 0 Å². The lowest BCUT2D eigenvalue weighted by Crippen LogP contribution is -2.25. The summed E-state index contributed by atoms with van der Waals surface area (Å²) in [5.41, 5.74) is 5.07. The molecule has 0 aliphatic carbocycles. The third-order valence-corrected chi connectivity index (χ3v) is 6.06. The van der Waals surface area contributed by atoms with Crippen molar-refractivity contribution in [1.82, 2.24) is 4.98 Å². The van der Waals surface area contributed by atoms with E-state index in [0.29, 0.717) is 12.4 Å². The van der Waals surface area contributed by atoms with E-state index in [9.17, 15) is 9.90 Å². The monoisotopic (exact) mass is 428 g/mol. The maximum absolute atomic E-state index is 11.4. The average Bonchev–Trinajstić information content (AvgIpc) is 3.21. The quantitative estimate of drug-likeness (QED) is 0.420. The first-order valence-corrected chi connectivity index (χ1v) is 10.5. The first-order valence-electron chi connectivity index (χ1n) is 10.5. The molecule has 32 heavy (non-hydrogen) atoms. The fourth-order valence-electron chi connectivity index (χ4n) is 4.62. The zero-order chi connectivity index (χ0) is 22.2. The smallest absolute Gasteiger partial charge is 0.221 e. The summed E-state index contributed by atoms with van der Waals surface area (Å²) >= 11 is 0. The molecule has 5 rings (SSSR count). The maximum Gasteiger partial charge on any atom is 0.221 e. The van der Waals surface area contributed by atoms with Crippen LogP contribution in [0.4, 0.5) is 5.69 Å². The molecule has 0 unspecified atom stereocenters. The number of carbonyl (C=O) groups excluding carboxylic acids is 1. The van der Waals surface area contributed by atoms with Gasteiger partial charge in [-0.2, -0.15) is 0 Å². The molecule has 6 heteroatoms. The zero-order valence-corrected chi connectivity index (χ0v) is 17.9. The molecular weight excluding hydrogens is 404 g/mol. The molecule has 0 bridgehead atoms. The third-order valence-electron chi connectivity index (χ3n) is 6.06. The molecule has 0 saturated heterocycles. The number of aromatic nitrogens is 1. The van der Waals surface area contributed by atoms with Crippen molar-refractivity contribution in [3.63, 3.8) is 0 Å². The highest BCUT2D eigenvalue weighted by Crippen LogP contribution is 2.48. The van der Waals surface area contributed by atoms with Gasteiger partial charge < -0.3 is 24.9 Å². The van der Waals surface area contributed by atoms with Crippen molar-refractivity contribution in [3.8, 4) is 17.2 Å². The van der Waals surface area contributed by atoms with Gasteiger partial charge in [0.05, 0.1) is 13.7 Å². The SMILES string of the molecule is COc1ccc2c([C@@H]3COc4cc(O)ccc4[C@@H]3c3ccc(NC(C)=O)cc3)c[nH]c2c1. The van der Waals surface area contributed by atoms with Crippen LogP contribution >= 0.6 is 0 Å². The number of hydrogen-bond donors (Lipinski definition) is 3. The van der Waals surface area contributed by atoms with E-state index in [1.54, 1.807) is 19.2 Å². The highest BCUT2D eigenvalue weighted by Gasteiger charge is 2.35. The van der Waals surface area contributed by atoms with Gasteiger partial charge in [-0.05, 0) is 41.5 Å². The summed E-state index contributed by atoms with van der Waals surface area (Å²) in [5.74, 6) is 1.65. The van der Waals surface area contributed by atoms with E-state index in [0.717, 1.165) is 39.0 Å². The molecule has 0 fully saturated rings. The normalized spacial score (nSPS) is 17.4. The number of carbonyl (C=O) groups is 1. The van der Waals surface area contributed by atoms with Gasteiger partial charge in [0.1, 0.15) is 17.2 Å². The second-order valence-electron chi connectivity index (χ2n) is 8.08. The van der Waals surface area contributed by atoms with Crippen molar-refractivity contribution in [2.45, 2.75) is 18.8 Å². The van der Waals surface area contributed by atoms with E-state index >= 15 is 0 Å². The highest BCUT2D eigenvalue weighted by atomic mass is 16.5. The number of benzene rings is 3. The van der Waals surface area contributed by atoms with Crippen molar-refractivity contribution in [1.29, 1.82) is 0 Å². The topological polar surface area (TPSA) is 83.6 Å². The Kier molecular flexibility index (Phi) is 4.98. The lowest BCUT2D eigenvalue weighted by Gasteiger charge is -2.34. The van der Waals surface area contributed by atoms with Crippen molar-refractivity contribution < 1.29 is 19.4 Å². The zero-order valence-electron chi connectivity index (χ0n) is 17.9. The van der Waals surface area contributed by atoms with Gasteiger partial charge in [-0.1, -0.05) is 18.2 Å². The maximum atomic E-state index is 11.4. The molecule has 0 saturated carbocycles. The van der Waals surface area contributed by atoms with Crippen LogP contribution in [0.15, 0.2) is 66.9 Å². The Balaban J connectivity index is 1.61. The van der Waals surface area contributed by atoms with Crippen LogP contribution in [0.25, 0.3) is 10.9 Å². The number of nitrogens with one attached hydrogen (secondary N) is 2. The van der Waals surface area contributed by atoms with Crippen molar-refractivity contribution >= 4 is 22.5 Å². The van der Waals surface area contributed by atoms with Crippen LogP contribution < -0.4 is 14.8 Å². The number of methoxy groups -OCH3 is 1. The Morgan fingerprint density at radius 1 is 1.09 bits per heavy atom. The van der Waals surface area contributed by atoms with E-state index in [-0.39, 0.29) is 23.5 Å². The molecule has 2 atom stereocenters. The molecule has 1 aliphatic heterocycles.